The molecule has 2 fully saturated rings. The van der Waals surface area contributed by atoms with Gasteiger partial charge in [-0.1, -0.05) is 44.9 Å². The number of carboxylic acid groups (broad SMARTS) is 1. The number of carbonyl (C=O) groups is 1. The Kier molecular flexibility index (Phi) is 4.89. The summed E-state index contributed by atoms with van der Waals surface area (Å²) < 4.78 is 0. The van der Waals surface area contributed by atoms with Crippen molar-refractivity contribution in [2.45, 2.75) is 72.6 Å². The van der Waals surface area contributed by atoms with Crippen molar-refractivity contribution in [2.75, 3.05) is 0 Å². The summed E-state index contributed by atoms with van der Waals surface area (Å²) >= 11 is 0. The van der Waals surface area contributed by atoms with Crippen LogP contribution in [0.1, 0.15) is 72.6 Å². The van der Waals surface area contributed by atoms with Gasteiger partial charge in [-0.05, 0) is 68.1 Å². The molecule has 2 heteroatoms. The molecule has 0 aromatic rings. The molecule has 124 valence electrons. The molecule has 0 heterocycles. The Morgan fingerprint density at radius 1 is 1.36 bits per heavy atom. The van der Waals surface area contributed by atoms with Gasteiger partial charge in [0, 0.05) is 6.08 Å². The molecule has 3 atom stereocenters. The highest BCUT2D eigenvalue weighted by atomic mass is 16.4. The number of allylic oxidation sites excluding steroid dienone is 2. The van der Waals surface area contributed by atoms with Crippen molar-refractivity contribution in [3.8, 4) is 0 Å². The van der Waals surface area contributed by atoms with Gasteiger partial charge >= 0.3 is 5.97 Å². The van der Waals surface area contributed by atoms with Crippen LogP contribution in [0.2, 0.25) is 0 Å². The standard InChI is InChI=1S/C20H32O2/c1-14(13-18(21)22)7-9-16-15(2)8-10-17-19(3,4)11-6-12-20(16,17)5/h13,16-17H,2,6-12H2,1,3-5H3,(H,21,22)/b14-13+/t16-,17?,20+/m1/s1. The maximum absolute atomic E-state index is 10.8. The highest BCUT2D eigenvalue weighted by Crippen LogP contribution is 2.61. The van der Waals surface area contributed by atoms with Crippen molar-refractivity contribution in [3.63, 3.8) is 0 Å². The Morgan fingerprint density at radius 2 is 2.05 bits per heavy atom. The minimum absolute atomic E-state index is 0.348. The van der Waals surface area contributed by atoms with Crippen LogP contribution in [0.5, 0.6) is 0 Å². The maximum Gasteiger partial charge on any atom is 0.328 e. The third kappa shape index (κ3) is 3.31. The molecule has 2 aliphatic rings. The fourth-order valence-corrected chi connectivity index (χ4v) is 5.46. The number of hydrogen-bond donors (Lipinski definition) is 1. The summed E-state index contributed by atoms with van der Waals surface area (Å²) in [7, 11) is 0. The lowest BCUT2D eigenvalue weighted by Gasteiger charge is -2.58. The highest BCUT2D eigenvalue weighted by Gasteiger charge is 2.52. The predicted molar refractivity (Wildman–Crippen MR) is 91.7 cm³/mol. The molecular weight excluding hydrogens is 272 g/mol. The van der Waals surface area contributed by atoms with Gasteiger partial charge in [0.25, 0.3) is 0 Å². The second-order valence-corrected chi connectivity index (χ2v) is 8.52. The van der Waals surface area contributed by atoms with Gasteiger partial charge in [-0.15, -0.1) is 0 Å². The van der Waals surface area contributed by atoms with Crippen molar-refractivity contribution >= 4 is 5.97 Å². The van der Waals surface area contributed by atoms with Crippen LogP contribution < -0.4 is 0 Å². The van der Waals surface area contributed by atoms with Crippen LogP contribution in [-0.2, 0) is 4.79 Å². The van der Waals surface area contributed by atoms with Gasteiger partial charge < -0.3 is 5.11 Å². The number of fused-ring (bicyclic) bond motifs is 1. The van der Waals surface area contributed by atoms with E-state index in [2.05, 4.69) is 27.4 Å². The Bertz CT molecular complexity index is 486. The quantitative estimate of drug-likeness (QED) is 0.542. The lowest BCUT2D eigenvalue weighted by Crippen LogP contribution is -2.49. The molecule has 0 radical (unpaired) electrons. The first-order chi connectivity index (χ1) is 10.2. The summed E-state index contributed by atoms with van der Waals surface area (Å²) in [6, 6.07) is 0. The fourth-order valence-electron chi connectivity index (χ4n) is 5.46. The average molecular weight is 304 g/mol. The van der Waals surface area contributed by atoms with E-state index in [4.69, 9.17) is 5.11 Å². The molecular formula is C20H32O2. The van der Waals surface area contributed by atoms with Crippen molar-refractivity contribution in [2.24, 2.45) is 22.7 Å². The summed E-state index contributed by atoms with van der Waals surface area (Å²) in [6.45, 7) is 13.7. The molecule has 0 aromatic heterocycles. The first kappa shape index (κ1) is 17.3. The largest absolute Gasteiger partial charge is 0.478 e. The summed E-state index contributed by atoms with van der Waals surface area (Å²) in [4.78, 5) is 10.8. The lowest BCUT2D eigenvalue weighted by molar-refractivity contribution is -0.131. The second kappa shape index (κ2) is 6.22. The van der Waals surface area contributed by atoms with Crippen LogP contribution in [0.15, 0.2) is 23.8 Å². The molecule has 0 saturated heterocycles. The zero-order valence-corrected chi connectivity index (χ0v) is 14.7. The minimum atomic E-state index is -0.831. The smallest absolute Gasteiger partial charge is 0.328 e. The third-order valence-electron chi connectivity index (χ3n) is 6.52. The zero-order valence-electron chi connectivity index (χ0n) is 14.7. The Labute approximate surface area is 135 Å². The zero-order chi connectivity index (χ0) is 16.5. The molecule has 22 heavy (non-hydrogen) atoms. The van der Waals surface area contributed by atoms with E-state index in [0.717, 1.165) is 30.8 Å². The van der Waals surface area contributed by atoms with Gasteiger partial charge in [0.2, 0.25) is 0 Å². The van der Waals surface area contributed by atoms with E-state index in [1.54, 1.807) is 0 Å². The van der Waals surface area contributed by atoms with E-state index < -0.39 is 5.97 Å². The van der Waals surface area contributed by atoms with Crippen LogP contribution in [0.4, 0.5) is 0 Å². The summed E-state index contributed by atoms with van der Waals surface area (Å²) in [5.41, 5.74) is 3.15. The molecule has 0 aromatic carbocycles. The van der Waals surface area contributed by atoms with Gasteiger partial charge in [-0.3, -0.25) is 0 Å². The molecule has 1 N–H and O–H groups in total. The molecule has 2 rings (SSSR count). The normalized spacial score (nSPS) is 35.1. The Balaban J connectivity index is 2.17. The van der Waals surface area contributed by atoms with Gasteiger partial charge in [-0.2, -0.15) is 0 Å². The first-order valence-electron chi connectivity index (χ1n) is 8.74. The van der Waals surface area contributed by atoms with Crippen molar-refractivity contribution in [1.82, 2.24) is 0 Å². The Morgan fingerprint density at radius 3 is 2.68 bits per heavy atom. The van der Waals surface area contributed by atoms with E-state index in [9.17, 15) is 4.79 Å². The second-order valence-electron chi connectivity index (χ2n) is 8.52. The molecule has 0 spiro atoms. The van der Waals surface area contributed by atoms with Gasteiger partial charge in [0.15, 0.2) is 0 Å². The summed E-state index contributed by atoms with van der Waals surface area (Å²) in [5.74, 6) is 0.485. The minimum Gasteiger partial charge on any atom is -0.478 e. The highest BCUT2D eigenvalue weighted by molar-refractivity contribution is 5.80. The van der Waals surface area contributed by atoms with Crippen molar-refractivity contribution in [1.29, 1.82) is 0 Å². The van der Waals surface area contributed by atoms with E-state index in [0.29, 0.717) is 16.7 Å². The SMILES string of the molecule is C=C1CCC2C(C)(C)CCC[C@@]2(C)[C@@H]1CC/C(C)=C/C(=O)O. The number of aliphatic carboxylic acids is 1. The monoisotopic (exact) mass is 304 g/mol. The predicted octanol–water partition coefficient (Wildman–Crippen LogP) is 5.60. The van der Waals surface area contributed by atoms with E-state index in [1.807, 2.05) is 6.92 Å². The molecule has 2 saturated carbocycles. The number of carboxylic acids is 1. The topological polar surface area (TPSA) is 37.3 Å². The first-order valence-corrected chi connectivity index (χ1v) is 8.74. The van der Waals surface area contributed by atoms with Crippen molar-refractivity contribution in [3.05, 3.63) is 23.8 Å². The van der Waals surface area contributed by atoms with Gasteiger partial charge in [0.05, 0.1) is 0 Å². The van der Waals surface area contributed by atoms with Gasteiger partial charge in [-0.25, -0.2) is 4.79 Å². The number of hydrogen-bond acceptors (Lipinski definition) is 1. The molecule has 1 unspecified atom stereocenters. The molecule has 2 aliphatic carbocycles. The van der Waals surface area contributed by atoms with E-state index in [1.165, 1.54) is 37.3 Å². The fraction of sp³-hybridized carbons (Fsp3) is 0.750. The summed E-state index contributed by atoms with van der Waals surface area (Å²) in [6.07, 6.45) is 9.66. The lowest BCUT2D eigenvalue weighted by atomic mass is 9.47. The van der Waals surface area contributed by atoms with Gasteiger partial charge in [0.1, 0.15) is 0 Å². The number of rotatable bonds is 4. The molecule has 0 aliphatic heterocycles. The van der Waals surface area contributed by atoms with Crippen LogP contribution in [-0.4, -0.2) is 11.1 Å². The van der Waals surface area contributed by atoms with Crippen molar-refractivity contribution < 1.29 is 9.90 Å². The molecule has 2 nitrogen and oxygen atoms in total. The van der Waals surface area contributed by atoms with Crippen LogP contribution in [0.25, 0.3) is 0 Å². The molecule has 0 bridgehead atoms. The average Bonchev–Trinajstić information content (AvgIpc) is 2.35. The third-order valence-corrected chi connectivity index (χ3v) is 6.52. The summed E-state index contributed by atoms with van der Waals surface area (Å²) in [5, 5.41) is 8.89. The van der Waals surface area contributed by atoms with E-state index in [-0.39, 0.29) is 0 Å². The van der Waals surface area contributed by atoms with Crippen LogP contribution in [0.3, 0.4) is 0 Å². The van der Waals surface area contributed by atoms with E-state index >= 15 is 0 Å². The molecule has 0 amide bonds. The Hall–Kier alpha value is -1.05. The van der Waals surface area contributed by atoms with Crippen LogP contribution >= 0.6 is 0 Å². The van der Waals surface area contributed by atoms with Crippen LogP contribution in [0, 0.1) is 22.7 Å². The maximum atomic E-state index is 10.8.